The van der Waals surface area contributed by atoms with Gasteiger partial charge in [0, 0.05) is 37.7 Å². The van der Waals surface area contributed by atoms with Gasteiger partial charge in [0.2, 0.25) is 0 Å². The second kappa shape index (κ2) is 8.96. The predicted molar refractivity (Wildman–Crippen MR) is 107 cm³/mol. The standard InChI is InChI=1S/C22H33N3O2/c26-22(24-20-12-15-27-21-9-5-4-8-19(20)21)23-18-10-13-25(14-11-18)16-17-6-2-1-3-7-17/h4-5,8-9,17-18,20H,1-3,6-7,10-16H2,(H2,23,24,26). The van der Waals surface area contributed by atoms with Gasteiger partial charge >= 0.3 is 6.03 Å². The maximum Gasteiger partial charge on any atom is 0.315 e. The van der Waals surface area contributed by atoms with Crippen molar-refractivity contribution in [1.29, 1.82) is 0 Å². The smallest absolute Gasteiger partial charge is 0.315 e. The second-order valence-corrected chi connectivity index (χ2v) is 8.42. The number of urea groups is 1. The lowest BCUT2D eigenvalue weighted by Gasteiger charge is -2.36. The van der Waals surface area contributed by atoms with Gasteiger partial charge in [0.1, 0.15) is 5.75 Å². The molecule has 0 spiro atoms. The van der Waals surface area contributed by atoms with Crippen LogP contribution >= 0.6 is 0 Å². The molecule has 0 aromatic heterocycles. The number of rotatable bonds is 4. The highest BCUT2D eigenvalue weighted by Gasteiger charge is 2.26. The summed E-state index contributed by atoms with van der Waals surface area (Å²) >= 11 is 0. The number of amides is 2. The second-order valence-electron chi connectivity index (χ2n) is 8.42. The van der Waals surface area contributed by atoms with E-state index in [1.54, 1.807) is 0 Å². The molecule has 2 heterocycles. The molecule has 3 aliphatic rings. The fourth-order valence-electron chi connectivity index (χ4n) is 4.87. The summed E-state index contributed by atoms with van der Waals surface area (Å²) in [7, 11) is 0. The zero-order valence-corrected chi connectivity index (χ0v) is 16.3. The molecule has 1 aromatic rings. The topological polar surface area (TPSA) is 53.6 Å². The van der Waals surface area contributed by atoms with E-state index in [0.717, 1.165) is 49.6 Å². The van der Waals surface area contributed by atoms with Crippen LogP contribution in [0.25, 0.3) is 0 Å². The summed E-state index contributed by atoms with van der Waals surface area (Å²) in [5.41, 5.74) is 1.08. The summed E-state index contributed by atoms with van der Waals surface area (Å²) in [5.74, 6) is 1.80. The third-order valence-corrected chi connectivity index (χ3v) is 6.43. The number of carbonyl (C=O) groups excluding carboxylic acids is 1. The number of hydrogen-bond acceptors (Lipinski definition) is 3. The highest BCUT2D eigenvalue weighted by atomic mass is 16.5. The highest BCUT2D eigenvalue weighted by molar-refractivity contribution is 5.75. The molecule has 1 saturated carbocycles. The van der Waals surface area contributed by atoms with Gasteiger partial charge in [-0.25, -0.2) is 4.79 Å². The lowest BCUT2D eigenvalue weighted by atomic mass is 9.88. The molecule has 0 bridgehead atoms. The summed E-state index contributed by atoms with van der Waals surface area (Å²) in [5, 5.41) is 6.36. The zero-order valence-electron chi connectivity index (χ0n) is 16.3. The Labute approximate surface area is 162 Å². The number of benzene rings is 1. The first kappa shape index (κ1) is 18.6. The van der Waals surface area contributed by atoms with Crippen LogP contribution in [0.2, 0.25) is 0 Å². The molecule has 2 fully saturated rings. The SMILES string of the molecule is O=C(NC1CCN(CC2CCCCC2)CC1)NC1CCOc2ccccc21. The normalized spacial score (nSPS) is 24.7. The Morgan fingerprint density at radius 1 is 1.00 bits per heavy atom. The first-order chi connectivity index (χ1) is 13.3. The van der Waals surface area contributed by atoms with Gasteiger partial charge in [-0.15, -0.1) is 0 Å². The quantitative estimate of drug-likeness (QED) is 0.845. The van der Waals surface area contributed by atoms with Crippen LogP contribution in [0.3, 0.4) is 0 Å². The molecule has 2 aliphatic heterocycles. The van der Waals surface area contributed by atoms with Gasteiger partial charge in [0.15, 0.2) is 0 Å². The van der Waals surface area contributed by atoms with Gasteiger partial charge < -0.3 is 20.3 Å². The van der Waals surface area contributed by atoms with Crippen molar-refractivity contribution in [1.82, 2.24) is 15.5 Å². The lowest BCUT2D eigenvalue weighted by molar-refractivity contribution is 0.155. The summed E-state index contributed by atoms with van der Waals surface area (Å²) in [4.78, 5) is 15.1. The molecule has 5 heteroatoms. The third-order valence-electron chi connectivity index (χ3n) is 6.43. The predicted octanol–water partition coefficient (Wildman–Crippen LogP) is 3.85. The molecule has 1 aliphatic carbocycles. The number of fused-ring (bicyclic) bond motifs is 1. The van der Waals surface area contributed by atoms with Gasteiger partial charge in [-0.05, 0) is 37.7 Å². The minimum absolute atomic E-state index is 0.0394. The van der Waals surface area contributed by atoms with E-state index in [1.807, 2.05) is 24.3 Å². The molecular formula is C22H33N3O2. The molecule has 1 aromatic carbocycles. The monoisotopic (exact) mass is 371 g/mol. The number of para-hydroxylation sites is 1. The van der Waals surface area contributed by atoms with E-state index >= 15 is 0 Å². The van der Waals surface area contributed by atoms with E-state index in [9.17, 15) is 4.79 Å². The van der Waals surface area contributed by atoms with E-state index in [-0.39, 0.29) is 12.1 Å². The van der Waals surface area contributed by atoms with E-state index in [2.05, 4.69) is 15.5 Å². The largest absolute Gasteiger partial charge is 0.493 e. The molecule has 27 heavy (non-hydrogen) atoms. The minimum Gasteiger partial charge on any atom is -0.493 e. The average molecular weight is 372 g/mol. The van der Waals surface area contributed by atoms with Gasteiger partial charge in [0.25, 0.3) is 0 Å². The molecule has 1 atom stereocenters. The van der Waals surface area contributed by atoms with Gasteiger partial charge in [0.05, 0.1) is 12.6 Å². The molecule has 148 valence electrons. The maximum absolute atomic E-state index is 12.5. The van der Waals surface area contributed by atoms with Crippen molar-refractivity contribution in [2.24, 2.45) is 5.92 Å². The number of nitrogens with zero attached hydrogens (tertiary/aromatic N) is 1. The summed E-state index contributed by atoms with van der Waals surface area (Å²) in [6.45, 7) is 4.14. The Bertz CT molecular complexity index is 622. The Hall–Kier alpha value is -1.75. The summed E-state index contributed by atoms with van der Waals surface area (Å²) in [6, 6.07) is 8.29. The van der Waals surface area contributed by atoms with Gasteiger partial charge in [-0.3, -0.25) is 0 Å². The fraction of sp³-hybridized carbons (Fsp3) is 0.682. The molecule has 2 amide bonds. The van der Waals surface area contributed by atoms with Crippen molar-refractivity contribution in [3.05, 3.63) is 29.8 Å². The highest BCUT2D eigenvalue weighted by Crippen LogP contribution is 2.31. The summed E-state index contributed by atoms with van der Waals surface area (Å²) in [6.07, 6.45) is 10.0. The molecule has 0 radical (unpaired) electrons. The van der Waals surface area contributed by atoms with Crippen LogP contribution in [0, 0.1) is 5.92 Å². The van der Waals surface area contributed by atoms with Gasteiger partial charge in [-0.1, -0.05) is 37.5 Å². The van der Waals surface area contributed by atoms with Crippen LogP contribution in [0.1, 0.15) is 63.0 Å². The molecule has 1 unspecified atom stereocenters. The average Bonchev–Trinajstić information content (AvgIpc) is 2.71. The third kappa shape index (κ3) is 4.95. The van der Waals surface area contributed by atoms with E-state index in [1.165, 1.54) is 38.6 Å². The lowest BCUT2D eigenvalue weighted by Crippen LogP contribution is -2.49. The minimum atomic E-state index is -0.0394. The zero-order chi connectivity index (χ0) is 18.5. The molecule has 4 rings (SSSR count). The van der Waals surface area contributed by atoms with Crippen molar-refractivity contribution in [3.63, 3.8) is 0 Å². The number of piperidine rings is 1. The van der Waals surface area contributed by atoms with Crippen molar-refractivity contribution in [3.8, 4) is 5.75 Å². The van der Waals surface area contributed by atoms with E-state index in [0.29, 0.717) is 12.6 Å². The van der Waals surface area contributed by atoms with Crippen molar-refractivity contribution in [2.75, 3.05) is 26.2 Å². The molecule has 2 N–H and O–H groups in total. The van der Waals surface area contributed by atoms with Gasteiger partial charge in [-0.2, -0.15) is 0 Å². The van der Waals surface area contributed by atoms with Crippen LogP contribution < -0.4 is 15.4 Å². The van der Waals surface area contributed by atoms with Crippen LogP contribution in [-0.4, -0.2) is 43.2 Å². The van der Waals surface area contributed by atoms with Crippen molar-refractivity contribution < 1.29 is 9.53 Å². The number of likely N-dealkylation sites (tertiary alicyclic amines) is 1. The van der Waals surface area contributed by atoms with Crippen LogP contribution in [0.5, 0.6) is 5.75 Å². The summed E-state index contributed by atoms with van der Waals surface area (Å²) < 4.78 is 5.68. The number of ether oxygens (including phenoxy) is 1. The van der Waals surface area contributed by atoms with Crippen LogP contribution in [0.4, 0.5) is 4.79 Å². The first-order valence-electron chi connectivity index (χ1n) is 10.8. The maximum atomic E-state index is 12.5. The van der Waals surface area contributed by atoms with Crippen molar-refractivity contribution >= 4 is 6.03 Å². The number of carbonyl (C=O) groups is 1. The fourth-order valence-corrected chi connectivity index (χ4v) is 4.87. The number of nitrogens with one attached hydrogen (secondary N) is 2. The number of hydrogen-bond donors (Lipinski definition) is 2. The van der Waals surface area contributed by atoms with E-state index < -0.39 is 0 Å². The van der Waals surface area contributed by atoms with Crippen LogP contribution in [-0.2, 0) is 0 Å². The Kier molecular flexibility index (Phi) is 6.17. The van der Waals surface area contributed by atoms with E-state index in [4.69, 9.17) is 4.74 Å². The van der Waals surface area contributed by atoms with Crippen LogP contribution in [0.15, 0.2) is 24.3 Å². The molecule has 5 nitrogen and oxygen atoms in total. The molecular weight excluding hydrogens is 338 g/mol. The Morgan fingerprint density at radius 3 is 2.59 bits per heavy atom. The molecule has 1 saturated heterocycles. The Morgan fingerprint density at radius 2 is 1.78 bits per heavy atom. The first-order valence-corrected chi connectivity index (χ1v) is 10.8. The van der Waals surface area contributed by atoms with Crippen molar-refractivity contribution in [2.45, 2.75) is 63.5 Å². The Balaban J connectivity index is 1.21.